The van der Waals surface area contributed by atoms with Crippen LogP contribution in [0.1, 0.15) is 18.9 Å². The summed E-state index contributed by atoms with van der Waals surface area (Å²) in [6.45, 7) is 3.14. The van der Waals surface area contributed by atoms with Crippen molar-refractivity contribution >= 4 is 44.3 Å². The number of aryl methyl sites for hydroxylation is 1. The normalized spacial score (nSPS) is 12.7. The Kier molecular flexibility index (Phi) is 3.43. The molecule has 5 rings (SSSR count). The van der Waals surface area contributed by atoms with Gasteiger partial charge in [0.15, 0.2) is 4.96 Å². The zero-order chi connectivity index (χ0) is 17.7. The Morgan fingerprint density at radius 1 is 1.08 bits per heavy atom. The third-order valence-corrected chi connectivity index (χ3v) is 5.68. The molecule has 2 aromatic carbocycles. The fraction of sp³-hybridized carbons (Fsp3) is 0.143. The minimum atomic E-state index is 0.00558. The number of thiazole rings is 1. The molecule has 0 atom stereocenters. The van der Waals surface area contributed by atoms with E-state index in [0.29, 0.717) is 0 Å². The number of rotatable bonds is 3. The Morgan fingerprint density at radius 3 is 2.69 bits per heavy atom. The molecule has 128 valence electrons. The van der Waals surface area contributed by atoms with Gasteiger partial charge in [-0.3, -0.25) is 4.79 Å². The Bertz CT molecular complexity index is 1370. The van der Waals surface area contributed by atoms with Gasteiger partial charge in [0.05, 0.1) is 15.6 Å². The van der Waals surface area contributed by atoms with Gasteiger partial charge >= 0.3 is 0 Å². The Balaban J connectivity index is 1.78. The summed E-state index contributed by atoms with van der Waals surface area (Å²) in [4.78, 5) is 18.3. The molecule has 3 heterocycles. The van der Waals surface area contributed by atoms with Crippen LogP contribution >= 0.6 is 11.3 Å². The van der Waals surface area contributed by atoms with E-state index in [4.69, 9.17) is 0 Å². The smallest absolute Gasteiger partial charge is 0.274 e. The van der Waals surface area contributed by atoms with Gasteiger partial charge in [0.2, 0.25) is 0 Å². The lowest BCUT2D eigenvalue weighted by Gasteiger charge is -2.01. The number of fused-ring (bicyclic) bond motifs is 4. The molecule has 5 aromatic rings. The highest BCUT2D eigenvalue weighted by atomic mass is 32.1. The van der Waals surface area contributed by atoms with Gasteiger partial charge in [-0.05, 0) is 30.7 Å². The van der Waals surface area contributed by atoms with Crippen molar-refractivity contribution in [1.82, 2.24) is 14.0 Å². The van der Waals surface area contributed by atoms with Gasteiger partial charge in [0.1, 0.15) is 0 Å². The predicted molar refractivity (Wildman–Crippen MR) is 108 cm³/mol. The molecular formula is C21H17N3OS. The topological polar surface area (TPSA) is 39.3 Å². The maximum absolute atomic E-state index is 13.0. The van der Waals surface area contributed by atoms with Crippen LogP contribution in [-0.2, 0) is 6.54 Å². The third-order valence-electron chi connectivity index (χ3n) is 4.72. The summed E-state index contributed by atoms with van der Waals surface area (Å²) in [6, 6.07) is 16.1. The van der Waals surface area contributed by atoms with Crippen molar-refractivity contribution in [2.45, 2.75) is 19.9 Å². The van der Waals surface area contributed by atoms with Crippen LogP contribution in [0.5, 0.6) is 0 Å². The zero-order valence-electron chi connectivity index (χ0n) is 14.3. The molecule has 5 heteroatoms. The molecule has 0 fully saturated rings. The first-order valence-electron chi connectivity index (χ1n) is 8.76. The van der Waals surface area contributed by atoms with Crippen LogP contribution in [-0.4, -0.2) is 14.0 Å². The van der Waals surface area contributed by atoms with Crippen LogP contribution in [0.25, 0.3) is 33.0 Å². The highest BCUT2D eigenvalue weighted by Gasteiger charge is 2.12. The van der Waals surface area contributed by atoms with Crippen molar-refractivity contribution < 1.29 is 0 Å². The second-order valence-corrected chi connectivity index (χ2v) is 7.44. The lowest BCUT2D eigenvalue weighted by molar-refractivity contribution is 0.703. The van der Waals surface area contributed by atoms with Gasteiger partial charge in [0.25, 0.3) is 5.56 Å². The van der Waals surface area contributed by atoms with E-state index in [0.717, 1.165) is 39.1 Å². The third kappa shape index (κ3) is 2.21. The lowest BCUT2D eigenvalue weighted by atomic mass is 10.2. The van der Waals surface area contributed by atoms with Crippen LogP contribution in [0.4, 0.5) is 0 Å². The second-order valence-electron chi connectivity index (χ2n) is 6.43. The number of hydrogen-bond donors (Lipinski definition) is 0. The average Bonchev–Trinajstić information content (AvgIpc) is 3.28. The van der Waals surface area contributed by atoms with E-state index in [-0.39, 0.29) is 5.56 Å². The van der Waals surface area contributed by atoms with Crippen LogP contribution in [0.2, 0.25) is 0 Å². The fourth-order valence-electron chi connectivity index (χ4n) is 3.57. The zero-order valence-corrected chi connectivity index (χ0v) is 15.2. The van der Waals surface area contributed by atoms with E-state index in [1.807, 2.05) is 36.4 Å². The molecule has 0 aliphatic carbocycles. The monoisotopic (exact) mass is 359 g/mol. The summed E-state index contributed by atoms with van der Waals surface area (Å²) < 4.78 is 4.70. The molecule has 0 spiro atoms. The van der Waals surface area contributed by atoms with Crippen molar-refractivity contribution in [2.24, 2.45) is 0 Å². The predicted octanol–water partition coefficient (Wildman–Crippen LogP) is 3.82. The van der Waals surface area contributed by atoms with Gasteiger partial charge in [-0.2, -0.15) is 0 Å². The lowest BCUT2D eigenvalue weighted by Crippen LogP contribution is -2.22. The molecule has 0 aliphatic heterocycles. The minimum Gasteiger partial charge on any atom is -0.347 e. The van der Waals surface area contributed by atoms with Crippen LogP contribution in [0.15, 0.2) is 59.5 Å². The van der Waals surface area contributed by atoms with Crippen molar-refractivity contribution in [2.75, 3.05) is 0 Å². The summed E-state index contributed by atoms with van der Waals surface area (Å²) in [7, 11) is 0. The number of aromatic nitrogens is 3. The first kappa shape index (κ1) is 15.3. The molecule has 0 saturated heterocycles. The van der Waals surface area contributed by atoms with Gasteiger partial charge in [-0.1, -0.05) is 48.6 Å². The van der Waals surface area contributed by atoms with Crippen LogP contribution in [0.3, 0.4) is 0 Å². The molecule has 0 unspecified atom stereocenters. The van der Waals surface area contributed by atoms with E-state index in [2.05, 4.69) is 40.9 Å². The molecule has 3 aromatic heterocycles. The number of para-hydroxylation sites is 3. The van der Waals surface area contributed by atoms with E-state index >= 15 is 0 Å². The SMILES string of the molecule is CCCn1cc(/C=c2\sc3nc4ccccc4n3c2=O)c2ccccc21. The molecule has 0 saturated carbocycles. The highest BCUT2D eigenvalue weighted by Crippen LogP contribution is 2.22. The quantitative estimate of drug-likeness (QED) is 0.491. The van der Waals surface area contributed by atoms with E-state index < -0.39 is 0 Å². The number of benzene rings is 2. The molecule has 0 bridgehead atoms. The van der Waals surface area contributed by atoms with Crippen molar-refractivity contribution in [3.8, 4) is 0 Å². The molecule has 0 radical (unpaired) electrons. The molecule has 0 aliphatic rings. The minimum absolute atomic E-state index is 0.00558. The molecule has 26 heavy (non-hydrogen) atoms. The van der Waals surface area contributed by atoms with Crippen molar-refractivity contribution in [3.63, 3.8) is 0 Å². The summed E-state index contributed by atoms with van der Waals surface area (Å²) in [6.07, 6.45) is 5.23. The second kappa shape index (κ2) is 5.81. The number of nitrogens with zero attached hydrogens (tertiary/aromatic N) is 3. The van der Waals surface area contributed by atoms with Crippen LogP contribution < -0.4 is 10.1 Å². The molecule has 0 amide bonds. The van der Waals surface area contributed by atoms with Crippen molar-refractivity contribution in [1.29, 1.82) is 0 Å². The number of hydrogen-bond acceptors (Lipinski definition) is 3. The highest BCUT2D eigenvalue weighted by molar-refractivity contribution is 7.15. The Morgan fingerprint density at radius 2 is 1.85 bits per heavy atom. The molecular weight excluding hydrogens is 342 g/mol. The van der Waals surface area contributed by atoms with E-state index in [9.17, 15) is 4.79 Å². The maximum atomic E-state index is 13.0. The van der Waals surface area contributed by atoms with Gasteiger partial charge < -0.3 is 4.57 Å². The first-order valence-corrected chi connectivity index (χ1v) is 9.57. The summed E-state index contributed by atoms with van der Waals surface area (Å²) in [5.41, 5.74) is 4.03. The first-order chi connectivity index (χ1) is 12.8. The van der Waals surface area contributed by atoms with Gasteiger partial charge in [-0.15, -0.1) is 0 Å². The largest absolute Gasteiger partial charge is 0.347 e. The van der Waals surface area contributed by atoms with Crippen molar-refractivity contribution in [3.05, 3.63) is 75.2 Å². The van der Waals surface area contributed by atoms with Crippen LogP contribution in [0, 0.1) is 0 Å². The Labute approximate surface area is 153 Å². The fourth-order valence-corrected chi connectivity index (χ4v) is 4.55. The van der Waals surface area contributed by atoms with E-state index in [1.165, 1.54) is 22.2 Å². The average molecular weight is 359 g/mol. The van der Waals surface area contributed by atoms with Gasteiger partial charge in [0, 0.05) is 29.2 Å². The van der Waals surface area contributed by atoms with Gasteiger partial charge in [-0.25, -0.2) is 9.38 Å². The Hall–Kier alpha value is -2.92. The molecule has 0 N–H and O–H groups in total. The summed E-state index contributed by atoms with van der Waals surface area (Å²) >= 11 is 1.45. The maximum Gasteiger partial charge on any atom is 0.274 e. The standard InChI is InChI=1S/C21H17N3OS/c1-2-11-23-13-14(15-7-3-5-9-17(15)23)12-19-20(25)24-18-10-6-4-8-16(18)22-21(24)26-19/h3-10,12-13H,2,11H2,1H3/b19-12-. The summed E-state index contributed by atoms with van der Waals surface area (Å²) in [5, 5.41) is 1.18. The molecule has 4 nitrogen and oxygen atoms in total. The van der Waals surface area contributed by atoms with E-state index in [1.54, 1.807) is 4.40 Å². The number of imidazole rings is 1. The summed E-state index contributed by atoms with van der Waals surface area (Å²) in [5.74, 6) is 0.